The van der Waals surface area contributed by atoms with E-state index in [1.807, 2.05) is 0 Å². The summed E-state index contributed by atoms with van der Waals surface area (Å²) in [5.74, 6) is -1.75. The standard InChI is InChI=1S/C6H6F3NO4/c1-13-4(11)3(6(7,8)9)10-5(12)14-2/h1-2H3. The summed E-state index contributed by atoms with van der Waals surface area (Å²) in [6.07, 6.45) is -6.58. The molecular formula is C6H6F3NO4. The van der Waals surface area contributed by atoms with Gasteiger partial charge in [0.15, 0.2) is 0 Å². The molecule has 8 heteroatoms. The molecule has 0 N–H and O–H groups in total. The SMILES string of the molecule is COC(=O)N=C(C(=O)OC)C(F)(F)F. The van der Waals surface area contributed by atoms with Gasteiger partial charge >= 0.3 is 18.2 Å². The molecule has 0 spiro atoms. The Bertz CT molecular complexity index is 271. The average molecular weight is 213 g/mol. The molecule has 80 valence electrons. The zero-order valence-electron chi connectivity index (χ0n) is 7.21. The van der Waals surface area contributed by atoms with Gasteiger partial charge in [0.2, 0.25) is 5.71 Å². The maximum Gasteiger partial charge on any atom is 0.440 e. The Morgan fingerprint density at radius 3 is 1.93 bits per heavy atom. The van der Waals surface area contributed by atoms with Crippen LogP contribution < -0.4 is 0 Å². The van der Waals surface area contributed by atoms with E-state index < -0.39 is 24.0 Å². The predicted molar refractivity (Wildman–Crippen MR) is 37.9 cm³/mol. The second-order valence-corrected chi connectivity index (χ2v) is 1.92. The summed E-state index contributed by atoms with van der Waals surface area (Å²) in [4.78, 5) is 23.3. The lowest BCUT2D eigenvalue weighted by atomic mass is 10.4. The van der Waals surface area contributed by atoms with Crippen molar-refractivity contribution >= 4 is 17.8 Å². The summed E-state index contributed by atoms with van der Waals surface area (Å²) in [5.41, 5.74) is -1.95. The number of methoxy groups -OCH3 is 2. The first-order valence-corrected chi connectivity index (χ1v) is 3.15. The quantitative estimate of drug-likeness (QED) is 0.480. The monoisotopic (exact) mass is 213 g/mol. The molecule has 5 nitrogen and oxygen atoms in total. The van der Waals surface area contributed by atoms with E-state index in [4.69, 9.17) is 0 Å². The molecule has 0 bridgehead atoms. The van der Waals surface area contributed by atoms with Crippen LogP contribution in [0.2, 0.25) is 0 Å². The van der Waals surface area contributed by atoms with Crippen LogP contribution in [-0.2, 0) is 14.3 Å². The number of amides is 1. The van der Waals surface area contributed by atoms with Gasteiger partial charge in [-0.25, -0.2) is 9.59 Å². The van der Waals surface area contributed by atoms with Gasteiger partial charge in [-0.05, 0) is 0 Å². The number of aliphatic imine (C=N–C) groups is 1. The van der Waals surface area contributed by atoms with Crippen molar-refractivity contribution in [2.75, 3.05) is 14.2 Å². The van der Waals surface area contributed by atoms with Crippen LogP contribution in [0.1, 0.15) is 0 Å². The molecule has 0 atom stereocenters. The highest BCUT2D eigenvalue weighted by atomic mass is 19.4. The fourth-order valence-electron chi connectivity index (χ4n) is 0.458. The summed E-state index contributed by atoms with van der Waals surface area (Å²) < 4.78 is 43.7. The number of halogens is 3. The van der Waals surface area contributed by atoms with E-state index in [1.54, 1.807) is 0 Å². The van der Waals surface area contributed by atoms with Crippen molar-refractivity contribution in [3.63, 3.8) is 0 Å². The zero-order chi connectivity index (χ0) is 11.4. The number of hydrogen-bond acceptors (Lipinski definition) is 4. The highest BCUT2D eigenvalue weighted by Crippen LogP contribution is 2.18. The van der Waals surface area contributed by atoms with Crippen LogP contribution in [-0.4, -0.2) is 38.2 Å². The van der Waals surface area contributed by atoms with Crippen LogP contribution in [0.4, 0.5) is 18.0 Å². The molecule has 0 heterocycles. The molecular weight excluding hydrogens is 207 g/mol. The van der Waals surface area contributed by atoms with Crippen molar-refractivity contribution in [1.29, 1.82) is 0 Å². The van der Waals surface area contributed by atoms with Crippen LogP contribution in [0.15, 0.2) is 4.99 Å². The molecule has 0 aliphatic carbocycles. The van der Waals surface area contributed by atoms with E-state index in [-0.39, 0.29) is 0 Å². The molecule has 14 heavy (non-hydrogen) atoms. The van der Waals surface area contributed by atoms with Gasteiger partial charge in [-0.1, -0.05) is 0 Å². The fraction of sp³-hybridized carbons (Fsp3) is 0.500. The molecule has 0 fully saturated rings. The summed E-state index contributed by atoms with van der Waals surface area (Å²) in [7, 11) is 1.57. The summed E-state index contributed by atoms with van der Waals surface area (Å²) >= 11 is 0. The molecule has 0 saturated heterocycles. The molecule has 0 radical (unpaired) electrons. The molecule has 0 aliphatic heterocycles. The predicted octanol–water partition coefficient (Wildman–Crippen LogP) is 0.929. The Morgan fingerprint density at radius 2 is 1.64 bits per heavy atom. The minimum absolute atomic E-state index is 0.737. The van der Waals surface area contributed by atoms with Gasteiger partial charge in [-0.2, -0.15) is 18.2 Å². The highest BCUT2D eigenvalue weighted by Gasteiger charge is 2.42. The molecule has 0 rings (SSSR count). The van der Waals surface area contributed by atoms with Crippen LogP contribution in [0, 0.1) is 0 Å². The van der Waals surface area contributed by atoms with Crippen LogP contribution in [0.5, 0.6) is 0 Å². The second-order valence-electron chi connectivity index (χ2n) is 1.92. The van der Waals surface area contributed by atoms with E-state index in [0.717, 1.165) is 14.2 Å². The van der Waals surface area contributed by atoms with Gasteiger partial charge in [-0.15, -0.1) is 0 Å². The average Bonchev–Trinajstić information content (AvgIpc) is 2.10. The molecule has 0 aromatic heterocycles. The van der Waals surface area contributed by atoms with Crippen LogP contribution in [0.3, 0.4) is 0 Å². The normalized spacial score (nSPS) is 12.2. The lowest BCUT2D eigenvalue weighted by Crippen LogP contribution is -2.33. The molecule has 0 aliphatic rings. The van der Waals surface area contributed by atoms with Crippen molar-refractivity contribution in [2.24, 2.45) is 4.99 Å². The largest absolute Gasteiger partial charge is 0.464 e. The number of carbonyl (C=O) groups excluding carboxylic acids is 2. The van der Waals surface area contributed by atoms with Gasteiger partial charge in [0, 0.05) is 0 Å². The third-order valence-electron chi connectivity index (χ3n) is 1.02. The first kappa shape index (κ1) is 12.4. The highest BCUT2D eigenvalue weighted by molar-refractivity contribution is 6.40. The third kappa shape index (κ3) is 3.42. The number of alkyl halides is 3. The van der Waals surface area contributed by atoms with E-state index in [1.165, 1.54) is 0 Å². The Hall–Kier alpha value is -1.60. The van der Waals surface area contributed by atoms with Crippen LogP contribution >= 0.6 is 0 Å². The van der Waals surface area contributed by atoms with Crippen molar-refractivity contribution in [3.8, 4) is 0 Å². The summed E-state index contributed by atoms with van der Waals surface area (Å²) in [6, 6.07) is 0. The Morgan fingerprint density at radius 1 is 1.14 bits per heavy atom. The molecule has 0 aromatic rings. The van der Waals surface area contributed by atoms with Crippen molar-refractivity contribution < 1.29 is 32.2 Å². The molecule has 0 aromatic carbocycles. The van der Waals surface area contributed by atoms with E-state index in [0.29, 0.717) is 0 Å². The number of nitrogens with zero attached hydrogens (tertiary/aromatic N) is 1. The topological polar surface area (TPSA) is 65.0 Å². The van der Waals surface area contributed by atoms with E-state index in [2.05, 4.69) is 14.5 Å². The summed E-state index contributed by atoms with van der Waals surface area (Å²) in [5, 5.41) is 0. The first-order valence-electron chi connectivity index (χ1n) is 3.15. The van der Waals surface area contributed by atoms with E-state index in [9.17, 15) is 22.8 Å². The van der Waals surface area contributed by atoms with Gasteiger partial charge < -0.3 is 9.47 Å². The Balaban J connectivity index is 5.02. The molecule has 0 unspecified atom stereocenters. The lowest BCUT2D eigenvalue weighted by molar-refractivity contribution is -0.137. The van der Waals surface area contributed by atoms with Crippen molar-refractivity contribution in [2.45, 2.75) is 6.18 Å². The molecule has 1 amide bonds. The zero-order valence-corrected chi connectivity index (χ0v) is 7.21. The van der Waals surface area contributed by atoms with E-state index >= 15 is 0 Å². The number of rotatable bonds is 1. The minimum Gasteiger partial charge on any atom is -0.464 e. The van der Waals surface area contributed by atoms with Gasteiger partial charge in [0.1, 0.15) is 0 Å². The number of ether oxygens (including phenoxy) is 2. The lowest BCUT2D eigenvalue weighted by Gasteiger charge is -2.06. The van der Waals surface area contributed by atoms with Gasteiger partial charge in [0.25, 0.3) is 0 Å². The van der Waals surface area contributed by atoms with Crippen molar-refractivity contribution in [3.05, 3.63) is 0 Å². The maximum atomic E-state index is 12.0. The van der Waals surface area contributed by atoms with Gasteiger partial charge in [0.05, 0.1) is 14.2 Å². The number of esters is 1. The number of hydrogen-bond donors (Lipinski definition) is 0. The molecule has 0 saturated carbocycles. The van der Waals surface area contributed by atoms with Crippen molar-refractivity contribution in [1.82, 2.24) is 0 Å². The third-order valence-corrected chi connectivity index (χ3v) is 1.02. The smallest absolute Gasteiger partial charge is 0.440 e. The Labute approximate surface area is 76.5 Å². The Kier molecular flexibility index (Phi) is 4.06. The first-order chi connectivity index (χ1) is 6.32. The minimum atomic E-state index is -5.05. The maximum absolute atomic E-state index is 12.0. The number of carbonyl (C=O) groups is 2. The van der Waals surface area contributed by atoms with Crippen LogP contribution in [0.25, 0.3) is 0 Å². The summed E-state index contributed by atoms with van der Waals surface area (Å²) in [6.45, 7) is 0. The second kappa shape index (κ2) is 4.58. The van der Waals surface area contributed by atoms with Gasteiger partial charge in [-0.3, -0.25) is 0 Å². The fourth-order valence-corrected chi connectivity index (χ4v) is 0.458.